The Balaban J connectivity index is 1.64. The number of β-amino-alcohol motifs (C(OH)–C–C–N with tert-alkyl or cyclic N) is 1. The van der Waals surface area contributed by atoms with Gasteiger partial charge in [0.25, 0.3) is 0 Å². The van der Waals surface area contributed by atoms with Gasteiger partial charge in [-0.15, -0.1) is 0 Å². The van der Waals surface area contributed by atoms with E-state index in [0.717, 1.165) is 0 Å². The molecule has 0 radical (unpaired) electrons. The van der Waals surface area contributed by atoms with E-state index in [1.165, 1.54) is 25.3 Å². The van der Waals surface area contributed by atoms with Gasteiger partial charge in [-0.05, 0) is 65.7 Å². The van der Waals surface area contributed by atoms with Gasteiger partial charge in [0.05, 0.1) is 35.7 Å². The van der Waals surface area contributed by atoms with Crippen molar-refractivity contribution in [3.05, 3.63) is 137 Å². The summed E-state index contributed by atoms with van der Waals surface area (Å²) in [5, 5.41) is 11.0. The number of aromatic nitrogens is 1. The number of fused-ring (bicyclic) bond motifs is 1. The van der Waals surface area contributed by atoms with E-state index < -0.39 is 35.2 Å². The summed E-state index contributed by atoms with van der Waals surface area (Å²) in [5.74, 6) is -2.31. The second-order valence-corrected chi connectivity index (χ2v) is 13.9. The van der Waals surface area contributed by atoms with E-state index in [9.17, 15) is 18.8 Å². The number of halogens is 3. The molecule has 12 heteroatoms. The molecular weight excluding hydrogens is 699 g/mol. The molecule has 3 unspecified atom stereocenters. The molecule has 6 rings (SSSR count). The highest BCUT2D eigenvalue weighted by Gasteiger charge is 2.35. The number of allylic oxidation sites excluding steroid dienone is 3. The highest BCUT2D eigenvalue weighted by Crippen LogP contribution is 2.41. The molecule has 2 heterocycles. The minimum Gasteiger partial charge on any atom is -0.587 e. The van der Waals surface area contributed by atoms with Crippen LogP contribution in [0.15, 0.2) is 119 Å². The fourth-order valence-corrected chi connectivity index (χ4v) is 7.85. The maximum absolute atomic E-state index is 15.2. The summed E-state index contributed by atoms with van der Waals surface area (Å²) in [6, 6.07) is 23.0. The van der Waals surface area contributed by atoms with Crippen molar-refractivity contribution in [2.75, 3.05) is 27.2 Å². The molecule has 0 saturated carbocycles. The predicted octanol–water partition coefficient (Wildman–Crippen LogP) is 8.13. The summed E-state index contributed by atoms with van der Waals surface area (Å²) in [6.07, 6.45) is 2.88. The van der Waals surface area contributed by atoms with E-state index in [0.29, 0.717) is 84.4 Å². The Bertz CT molecular complexity index is 2160. The van der Waals surface area contributed by atoms with Crippen LogP contribution < -0.4 is 0 Å². The van der Waals surface area contributed by atoms with Crippen LogP contribution in [-0.4, -0.2) is 63.6 Å². The molecule has 4 aromatic carbocycles. The average Bonchev–Trinajstić information content (AvgIpc) is 3.43. The summed E-state index contributed by atoms with van der Waals surface area (Å²) in [6.45, 7) is 4.61. The van der Waals surface area contributed by atoms with Crippen LogP contribution in [0.25, 0.3) is 33.3 Å². The molecule has 1 saturated heterocycles. The number of alkyl halides is 1. The summed E-state index contributed by atoms with van der Waals surface area (Å²) >= 11 is 4.79. The lowest BCUT2D eigenvalue weighted by atomic mass is 9.94. The van der Waals surface area contributed by atoms with E-state index in [1.807, 2.05) is 29.2 Å². The number of esters is 1. The summed E-state index contributed by atoms with van der Waals surface area (Å²) in [5.41, 5.74) is 5.25. The van der Waals surface area contributed by atoms with Gasteiger partial charge >= 0.3 is 5.97 Å². The Morgan fingerprint density at radius 2 is 1.84 bits per heavy atom. The predicted molar refractivity (Wildman–Crippen MR) is 199 cm³/mol. The van der Waals surface area contributed by atoms with Crippen LogP contribution in [0, 0.1) is 5.82 Å². The van der Waals surface area contributed by atoms with Crippen molar-refractivity contribution in [1.82, 2.24) is 8.87 Å². The summed E-state index contributed by atoms with van der Waals surface area (Å²) < 4.78 is 50.4. The first kappa shape index (κ1) is 35.5. The standard InChI is InChI=1S/C38H33ClF2N3O4PS/c1-4-6-33(43-20-27(45)21-43)35(42-2)34-30-19-26(40)12-16-32(30)44(50(47)28-13-9-22(10-14-28)37(41)49)36(34)24-8-5-7-23(17-24)29-15-11-25(18-31(29)39)38(46)48-3/h4-19,27,37,45H,1,20-21,49H2,2-3H3/b33-6+,42-35+. The molecule has 256 valence electrons. The molecule has 1 N–H and O–H groups in total. The van der Waals surface area contributed by atoms with Crippen molar-refractivity contribution >= 4 is 54.8 Å². The first-order valence-electron chi connectivity index (χ1n) is 15.5. The number of hydrogen-bond donors (Lipinski definition) is 1. The number of rotatable bonds is 10. The fraction of sp³-hybridized carbons (Fsp3) is 0.158. The van der Waals surface area contributed by atoms with Gasteiger partial charge in [-0.1, -0.05) is 69.9 Å². The number of hydrogen-bond acceptors (Lipinski definition) is 6. The largest absolute Gasteiger partial charge is 0.587 e. The zero-order valence-corrected chi connectivity index (χ0v) is 29.9. The molecule has 1 aliphatic rings. The fourth-order valence-electron chi connectivity index (χ4n) is 6.06. The molecule has 1 aromatic heterocycles. The van der Waals surface area contributed by atoms with E-state index in [-0.39, 0.29) is 0 Å². The zero-order chi connectivity index (χ0) is 35.7. The maximum atomic E-state index is 15.2. The van der Waals surface area contributed by atoms with E-state index >= 15 is 4.39 Å². The molecule has 0 bridgehead atoms. The first-order chi connectivity index (χ1) is 24.1. The molecule has 0 amide bonds. The van der Waals surface area contributed by atoms with Crippen LogP contribution >= 0.6 is 20.8 Å². The second-order valence-electron chi connectivity index (χ2n) is 11.6. The Kier molecular flexibility index (Phi) is 10.6. The van der Waals surface area contributed by atoms with Crippen molar-refractivity contribution in [2.24, 2.45) is 4.99 Å². The molecule has 5 aromatic rings. The molecule has 7 nitrogen and oxygen atoms in total. The van der Waals surface area contributed by atoms with Crippen molar-refractivity contribution < 1.29 is 28.0 Å². The number of aliphatic hydroxyl groups is 1. The number of aliphatic imine (C=N–C) groups is 1. The molecule has 1 fully saturated rings. The van der Waals surface area contributed by atoms with Crippen LogP contribution in [0.4, 0.5) is 8.78 Å². The molecule has 3 atom stereocenters. The molecule has 0 spiro atoms. The highest BCUT2D eigenvalue weighted by molar-refractivity contribution is 7.90. The summed E-state index contributed by atoms with van der Waals surface area (Å²) in [4.78, 5) is 19.2. The monoisotopic (exact) mass is 731 g/mol. The molecule has 1 aliphatic heterocycles. The quantitative estimate of drug-likeness (QED) is 0.0515. The topological polar surface area (TPSA) is 90.1 Å². The van der Waals surface area contributed by atoms with Crippen molar-refractivity contribution in [2.45, 2.75) is 16.9 Å². The second kappa shape index (κ2) is 14.9. The number of nitrogens with zero attached hydrogens (tertiary/aromatic N) is 3. The van der Waals surface area contributed by atoms with Crippen LogP contribution in [0.3, 0.4) is 0 Å². The number of methoxy groups -OCH3 is 1. The third-order valence-electron chi connectivity index (χ3n) is 8.47. The van der Waals surface area contributed by atoms with E-state index in [1.54, 1.807) is 65.6 Å². The normalized spacial score (nSPS) is 15.2. The molecule has 50 heavy (non-hydrogen) atoms. The minimum absolute atomic E-state index is 0.297. The van der Waals surface area contributed by atoms with Crippen LogP contribution in [0.2, 0.25) is 5.02 Å². The third-order valence-corrected chi connectivity index (χ3v) is 10.6. The van der Waals surface area contributed by atoms with Crippen molar-refractivity contribution in [1.29, 1.82) is 0 Å². The minimum atomic E-state index is -1.91. The lowest BCUT2D eigenvalue weighted by molar-refractivity contribution is 0.0288. The van der Waals surface area contributed by atoms with Crippen molar-refractivity contribution in [3.63, 3.8) is 0 Å². The highest BCUT2D eigenvalue weighted by atomic mass is 35.5. The van der Waals surface area contributed by atoms with E-state index in [4.69, 9.17) is 21.3 Å². The maximum Gasteiger partial charge on any atom is 0.337 e. The van der Waals surface area contributed by atoms with Crippen LogP contribution in [0.1, 0.15) is 27.4 Å². The summed E-state index contributed by atoms with van der Waals surface area (Å²) in [7, 11) is 5.02. The van der Waals surface area contributed by atoms with Gasteiger partial charge in [0.15, 0.2) is 4.90 Å². The van der Waals surface area contributed by atoms with Gasteiger partial charge in [-0.2, -0.15) is 3.97 Å². The number of carbonyl (C=O) groups excluding carboxylic acids is 1. The van der Waals surface area contributed by atoms with Gasteiger partial charge in [-0.25, -0.2) is 13.6 Å². The number of ether oxygens (including phenoxy) is 1. The third kappa shape index (κ3) is 6.74. The van der Waals surface area contributed by atoms with Gasteiger partial charge in [0, 0.05) is 47.2 Å². The van der Waals surface area contributed by atoms with Gasteiger partial charge in [-0.3, -0.25) is 4.99 Å². The van der Waals surface area contributed by atoms with Gasteiger partial charge < -0.3 is 19.3 Å². The van der Waals surface area contributed by atoms with Gasteiger partial charge in [0.2, 0.25) is 0 Å². The lowest BCUT2D eigenvalue weighted by Crippen LogP contribution is -2.51. The van der Waals surface area contributed by atoms with E-state index in [2.05, 4.69) is 15.8 Å². The lowest BCUT2D eigenvalue weighted by Gasteiger charge is -2.39. The number of likely N-dealkylation sites (tertiary alicyclic amines) is 1. The number of aliphatic hydroxyl groups excluding tert-OH is 1. The van der Waals surface area contributed by atoms with Crippen LogP contribution in [0.5, 0.6) is 0 Å². The Labute approximate surface area is 299 Å². The molecule has 0 aliphatic carbocycles. The zero-order valence-electron chi connectivity index (χ0n) is 27.1. The Morgan fingerprint density at radius 1 is 1.12 bits per heavy atom. The number of carbonyl (C=O) groups is 1. The Hall–Kier alpha value is -4.31. The first-order valence-corrected chi connectivity index (χ1v) is 17.7. The SMILES string of the molecule is C=C/C=C(\C(=N/C)c1c(-c2cccc(-c3ccc(C(=O)OC)cc3Cl)c2)n([S+]([O-])c2ccc(C(F)P)cc2)c2ccc(F)cc12)N1CC(O)C1. The number of benzene rings is 4. The smallest absolute Gasteiger partial charge is 0.337 e. The molecular formula is C38H33ClF2N3O4PS. The van der Waals surface area contributed by atoms with Crippen LogP contribution in [-0.2, 0) is 16.1 Å². The Morgan fingerprint density at radius 3 is 2.46 bits per heavy atom. The van der Waals surface area contributed by atoms with Gasteiger partial charge in [0.1, 0.15) is 28.8 Å². The van der Waals surface area contributed by atoms with Crippen molar-refractivity contribution in [3.8, 4) is 22.4 Å². The average molecular weight is 732 g/mol.